The van der Waals surface area contributed by atoms with E-state index in [1.807, 2.05) is 24.5 Å². The van der Waals surface area contributed by atoms with Gasteiger partial charge in [0, 0.05) is 22.2 Å². The summed E-state index contributed by atoms with van der Waals surface area (Å²) < 4.78 is 0. The molecule has 0 spiro atoms. The zero-order valence-electron chi connectivity index (χ0n) is 13.5. The molecule has 1 amide bonds. The lowest BCUT2D eigenvalue weighted by Crippen LogP contribution is -2.37. The molecule has 0 saturated heterocycles. The fraction of sp³-hybridized carbons (Fsp3) is 0.500. The largest absolute Gasteiger partial charge is 0.394 e. The summed E-state index contributed by atoms with van der Waals surface area (Å²) in [6, 6.07) is 5.68. The van der Waals surface area contributed by atoms with Crippen LogP contribution in [0.3, 0.4) is 0 Å². The topological polar surface area (TPSA) is 65.1 Å². The minimum absolute atomic E-state index is 0.0197. The number of nitrogens with one attached hydrogen (secondary N) is 2. The molecule has 1 heterocycles. The number of fused-ring (bicyclic) bond motifs is 3. The number of benzene rings is 1. The van der Waals surface area contributed by atoms with Gasteiger partial charge in [0.1, 0.15) is 0 Å². The third-order valence-electron chi connectivity index (χ3n) is 4.59. The van der Waals surface area contributed by atoms with Crippen LogP contribution in [0.1, 0.15) is 40.9 Å². The number of rotatable bonds is 6. The van der Waals surface area contributed by atoms with Crippen LogP contribution in [-0.4, -0.2) is 40.7 Å². The molecule has 23 heavy (non-hydrogen) atoms. The average molecular weight is 332 g/mol. The van der Waals surface area contributed by atoms with E-state index in [2.05, 4.69) is 10.3 Å². The molecule has 2 aromatic rings. The molecule has 0 fully saturated rings. The van der Waals surface area contributed by atoms with Crippen LogP contribution in [0.4, 0.5) is 0 Å². The number of thioether (sulfide) groups is 1. The Morgan fingerprint density at radius 3 is 3.00 bits per heavy atom. The minimum Gasteiger partial charge on any atom is -0.394 e. The zero-order valence-corrected chi connectivity index (χ0v) is 14.3. The number of carbonyl (C=O) groups is 1. The Kier molecular flexibility index (Phi) is 5.28. The number of carbonyl (C=O) groups excluding carboxylic acids is 1. The molecule has 0 bridgehead atoms. The van der Waals surface area contributed by atoms with E-state index < -0.39 is 0 Å². The van der Waals surface area contributed by atoms with Crippen LogP contribution in [0.25, 0.3) is 10.9 Å². The van der Waals surface area contributed by atoms with Gasteiger partial charge in [-0.15, -0.1) is 0 Å². The van der Waals surface area contributed by atoms with Crippen LogP contribution in [0.5, 0.6) is 0 Å². The maximum atomic E-state index is 12.5. The van der Waals surface area contributed by atoms with Crippen LogP contribution in [-0.2, 0) is 12.8 Å². The molecule has 0 radical (unpaired) electrons. The first kappa shape index (κ1) is 16.4. The maximum Gasteiger partial charge on any atom is 0.251 e. The van der Waals surface area contributed by atoms with Crippen molar-refractivity contribution in [3.05, 3.63) is 35.0 Å². The van der Waals surface area contributed by atoms with Crippen LogP contribution in [0.15, 0.2) is 18.2 Å². The smallest absolute Gasteiger partial charge is 0.251 e. The highest BCUT2D eigenvalue weighted by atomic mass is 32.2. The molecule has 0 aliphatic heterocycles. The molecule has 1 aliphatic rings. The predicted octanol–water partition coefficient (Wildman–Crippen LogP) is 2.89. The van der Waals surface area contributed by atoms with Crippen LogP contribution < -0.4 is 5.32 Å². The predicted molar refractivity (Wildman–Crippen MR) is 96.3 cm³/mol. The molecular weight excluding hydrogens is 308 g/mol. The molecule has 3 rings (SSSR count). The van der Waals surface area contributed by atoms with E-state index in [1.165, 1.54) is 29.5 Å². The number of aromatic nitrogens is 1. The van der Waals surface area contributed by atoms with Crippen molar-refractivity contribution in [3.8, 4) is 0 Å². The monoisotopic (exact) mass is 332 g/mol. The molecule has 3 N–H and O–H groups in total. The van der Waals surface area contributed by atoms with E-state index in [0.717, 1.165) is 30.5 Å². The Bertz CT molecular complexity index is 696. The summed E-state index contributed by atoms with van der Waals surface area (Å²) in [6.45, 7) is -0.0197. The van der Waals surface area contributed by atoms with Crippen molar-refractivity contribution in [1.82, 2.24) is 10.3 Å². The summed E-state index contributed by atoms with van der Waals surface area (Å²) >= 11 is 1.72. The first-order chi connectivity index (χ1) is 11.2. The summed E-state index contributed by atoms with van der Waals surface area (Å²) in [7, 11) is 0. The van der Waals surface area contributed by atoms with Gasteiger partial charge in [0.15, 0.2) is 0 Å². The number of aryl methyl sites for hydroxylation is 2. The van der Waals surface area contributed by atoms with Gasteiger partial charge in [0.25, 0.3) is 5.91 Å². The number of H-pyrrole nitrogens is 1. The van der Waals surface area contributed by atoms with Gasteiger partial charge >= 0.3 is 0 Å². The van der Waals surface area contributed by atoms with Gasteiger partial charge in [0.05, 0.1) is 12.6 Å². The lowest BCUT2D eigenvalue weighted by molar-refractivity contribution is 0.0915. The molecule has 4 nitrogen and oxygen atoms in total. The maximum absolute atomic E-state index is 12.5. The van der Waals surface area contributed by atoms with Crippen molar-refractivity contribution in [2.75, 3.05) is 18.6 Å². The summed E-state index contributed by atoms with van der Waals surface area (Å²) in [4.78, 5) is 16.0. The van der Waals surface area contributed by atoms with Crippen molar-refractivity contribution in [2.45, 2.75) is 38.1 Å². The second-order valence-corrected chi connectivity index (χ2v) is 7.17. The molecule has 0 unspecified atom stereocenters. The summed E-state index contributed by atoms with van der Waals surface area (Å²) in [5.74, 6) is 0.827. The van der Waals surface area contributed by atoms with Crippen LogP contribution in [0.2, 0.25) is 0 Å². The van der Waals surface area contributed by atoms with E-state index in [-0.39, 0.29) is 18.6 Å². The van der Waals surface area contributed by atoms with Crippen molar-refractivity contribution >= 4 is 28.6 Å². The third kappa shape index (κ3) is 3.56. The van der Waals surface area contributed by atoms with Gasteiger partial charge in [-0.3, -0.25) is 4.79 Å². The Labute approximate surface area is 141 Å². The number of hydrogen-bond acceptors (Lipinski definition) is 3. The van der Waals surface area contributed by atoms with E-state index in [1.54, 1.807) is 11.8 Å². The Balaban J connectivity index is 1.80. The first-order valence-corrected chi connectivity index (χ1v) is 9.66. The SMILES string of the molecule is CSCC[C@H](CO)NC(=O)c1ccc2[nH]c3c(c2c1)CCCC3. The van der Waals surface area contributed by atoms with Crippen LogP contribution >= 0.6 is 11.8 Å². The lowest BCUT2D eigenvalue weighted by atomic mass is 9.95. The standard InChI is InChI=1S/C18H24N2O2S/c1-23-9-8-13(11-21)19-18(22)12-6-7-17-15(10-12)14-4-2-3-5-16(14)20-17/h6-7,10,13,20-21H,2-5,8-9,11H2,1H3,(H,19,22)/t13-/m1/s1. The molecule has 1 aromatic heterocycles. The average Bonchev–Trinajstić information content (AvgIpc) is 2.96. The van der Waals surface area contributed by atoms with Gasteiger partial charge in [-0.2, -0.15) is 11.8 Å². The molecular formula is C18H24N2O2S. The fourth-order valence-electron chi connectivity index (χ4n) is 3.29. The fourth-order valence-corrected chi connectivity index (χ4v) is 3.81. The number of amides is 1. The Morgan fingerprint density at radius 1 is 1.39 bits per heavy atom. The molecule has 5 heteroatoms. The number of aliphatic hydroxyl groups excluding tert-OH is 1. The number of hydrogen-bond donors (Lipinski definition) is 3. The Morgan fingerprint density at radius 2 is 2.22 bits per heavy atom. The molecule has 1 atom stereocenters. The van der Waals surface area contributed by atoms with E-state index in [4.69, 9.17) is 0 Å². The summed E-state index contributed by atoms with van der Waals surface area (Å²) in [5, 5.41) is 13.5. The molecule has 0 saturated carbocycles. The summed E-state index contributed by atoms with van der Waals surface area (Å²) in [6.07, 6.45) is 7.46. The number of aromatic amines is 1. The van der Waals surface area contributed by atoms with Crippen molar-refractivity contribution in [1.29, 1.82) is 0 Å². The molecule has 1 aromatic carbocycles. The third-order valence-corrected chi connectivity index (χ3v) is 5.23. The highest BCUT2D eigenvalue weighted by Gasteiger charge is 2.18. The second-order valence-electron chi connectivity index (χ2n) is 6.18. The van der Waals surface area contributed by atoms with Gasteiger partial charge in [-0.05, 0) is 67.9 Å². The van der Waals surface area contributed by atoms with Gasteiger partial charge in [-0.25, -0.2) is 0 Å². The first-order valence-electron chi connectivity index (χ1n) is 8.27. The van der Waals surface area contributed by atoms with Crippen molar-refractivity contribution in [2.24, 2.45) is 0 Å². The Hall–Kier alpha value is -1.46. The quantitative estimate of drug-likeness (QED) is 0.762. The van der Waals surface area contributed by atoms with Gasteiger partial charge < -0.3 is 15.4 Å². The highest BCUT2D eigenvalue weighted by Crippen LogP contribution is 2.29. The minimum atomic E-state index is -0.175. The zero-order chi connectivity index (χ0) is 16.2. The van der Waals surface area contributed by atoms with Crippen molar-refractivity contribution < 1.29 is 9.90 Å². The molecule has 1 aliphatic carbocycles. The van der Waals surface area contributed by atoms with Gasteiger partial charge in [-0.1, -0.05) is 0 Å². The number of aliphatic hydroxyl groups is 1. The molecule has 124 valence electrons. The van der Waals surface area contributed by atoms with Crippen LogP contribution in [0, 0.1) is 0 Å². The van der Waals surface area contributed by atoms with E-state index in [9.17, 15) is 9.90 Å². The van der Waals surface area contributed by atoms with E-state index in [0.29, 0.717) is 5.56 Å². The lowest BCUT2D eigenvalue weighted by Gasteiger charge is -2.16. The normalized spacial score (nSPS) is 15.4. The van der Waals surface area contributed by atoms with Gasteiger partial charge in [0.2, 0.25) is 0 Å². The van der Waals surface area contributed by atoms with E-state index >= 15 is 0 Å². The second kappa shape index (κ2) is 7.41. The highest BCUT2D eigenvalue weighted by molar-refractivity contribution is 7.98. The summed E-state index contributed by atoms with van der Waals surface area (Å²) in [5.41, 5.74) is 4.50. The van der Waals surface area contributed by atoms with Crippen molar-refractivity contribution in [3.63, 3.8) is 0 Å².